The van der Waals surface area contributed by atoms with E-state index in [-0.39, 0.29) is 12.5 Å². The number of amides is 1. The molecule has 0 aliphatic carbocycles. The van der Waals surface area contributed by atoms with Gasteiger partial charge in [-0.1, -0.05) is 30.3 Å². The first-order chi connectivity index (χ1) is 8.79. The highest BCUT2D eigenvalue weighted by Crippen LogP contribution is 2.26. The molecule has 2 rings (SSSR count). The van der Waals surface area contributed by atoms with Gasteiger partial charge in [-0.15, -0.1) is 0 Å². The molecule has 1 aromatic carbocycles. The van der Waals surface area contributed by atoms with Gasteiger partial charge < -0.3 is 10.4 Å². The van der Waals surface area contributed by atoms with Crippen molar-refractivity contribution in [2.45, 2.75) is 12.3 Å². The summed E-state index contributed by atoms with van der Waals surface area (Å²) in [7, 11) is 0. The van der Waals surface area contributed by atoms with Crippen molar-refractivity contribution in [1.29, 1.82) is 0 Å². The smallest absolute Gasteiger partial charge is 0.234 e. The van der Waals surface area contributed by atoms with Gasteiger partial charge in [-0.25, -0.2) is 0 Å². The molecule has 98 valence electrons. The summed E-state index contributed by atoms with van der Waals surface area (Å²) in [6.45, 7) is 2.68. The zero-order valence-electron chi connectivity index (χ0n) is 10.5. The number of aliphatic hydroxyl groups is 1. The van der Waals surface area contributed by atoms with E-state index in [1.807, 2.05) is 6.07 Å². The van der Waals surface area contributed by atoms with E-state index >= 15 is 0 Å². The summed E-state index contributed by atoms with van der Waals surface area (Å²) in [5.41, 5.74) is 1.36. The SMILES string of the molecule is O=C(CN1CCC(c2ccccc2)C1)NCCO. The molecule has 1 saturated heterocycles. The van der Waals surface area contributed by atoms with Crippen molar-refractivity contribution in [3.63, 3.8) is 0 Å². The van der Waals surface area contributed by atoms with Crippen LogP contribution in [0.1, 0.15) is 17.9 Å². The Morgan fingerprint density at radius 1 is 1.39 bits per heavy atom. The van der Waals surface area contributed by atoms with E-state index in [2.05, 4.69) is 34.5 Å². The van der Waals surface area contributed by atoms with Gasteiger partial charge in [0.25, 0.3) is 0 Å². The molecule has 1 heterocycles. The second-order valence-corrected chi connectivity index (χ2v) is 4.70. The normalized spacial score (nSPS) is 19.9. The van der Waals surface area contributed by atoms with Crippen molar-refractivity contribution in [1.82, 2.24) is 10.2 Å². The van der Waals surface area contributed by atoms with Gasteiger partial charge in [0.2, 0.25) is 5.91 Å². The van der Waals surface area contributed by atoms with Crippen LogP contribution in [0.15, 0.2) is 30.3 Å². The minimum atomic E-state index is -0.00207. The van der Waals surface area contributed by atoms with Gasteiger partial charge in [-0.05, 0) is 24.4 Å². The maximum Gasteiger partial charge on any atom is 0.234 e. The quantitative estimate of drug-likeness (QED) is 0.801. The number of hydrogen-bond donors (Lipinski definition) is 2. The zero-order valence-corrected chi connectivity index (χ0v) is 10.5. The summed E-state index contributed by atoms with van der Waals surface area (Å²) in [5, 5.41) is 11.3. The van der Waals surface area contributed by atoms with E-state index in [0.717, 1.165) is 19.5 Å². The van der Waals surface area contributed by atoms with Gasteiger partial charge in [0.05, 0.1) is 13.2 Å². The molecule has 1 atom stereocenters. The number of nitrogens with one attached hydrogen (secondary N) is 1. The fourth-order valence-electron chi connectivity index (χ4n) is 2.43. The summed E-state index contributed by atoms with van der Waals surface area (Å²) in [6, 6.07) is 10.5. The maximum atomic E-state index is 11.5. The van der Waals surface area contributed by atoms with Crippen LogP contribution in [-0.2, 0) is 4.79 Å². The Bertz CT molecular complexity index is 381. The molecule has 0 spiro atoms. The standard InChI is InChI=1S/C14H20N2O2/c17-9-7-15-14(18)11-16-8-6-13(10-16)12-4-2-1-3-5-12/h1-5,13,17H,6-11H2,(H,15,18). The molecule has 1 amide bonds. The van der Waals surface area contributed by atoms with Crippen LogP contribution < -0.4 is 5.32 Å². The van der Waals surface area contributed by atoms with Crippen LogP contribution in [0.5, 0.6) is 0 Å². The molecule has 1 aromatic rings. The monoisotopic (exact) mass is 248 g/mol. The molecule has 4 heteroatoms. The number of nitrogens with zero attached hydrogens (tertiary/aromatic N) is 1. The van der Waals surface area contributed by atoms with E-state index in [1.54, 1.807) is 0 Å². The van der Waals surface area contributed by atoms with Crippen molar-refractivity contribution < 1.29 is 9.90 Å². The lowest BCUT2D eigenvalue weighted by Gasteiger charge is -2.15. The Kier molecular flexibility index (Phi) is 4.73. The maximum absolute atomic E-state index is 11.5. The van der Waals surface area contributed by atoms with Crippen LogP contribution in [0.25, 0.3) is 0 Å². The molecule has 1 fully saturated rings. The summed E-state index contributed by atoms with van der Waals surface area (Å²) < 4.78 is 0. The second-order valence-electron chi connectivity index (χ2n) is 4.70. The van der Waals surface area contributed by atoms with Crippen molar-refractivity contribution in [2.24, 2.45) is 0 Å². The topological polar surface area (TPSA) is 52.6 Å². The van der Waals surface area contributed by atoms with Gasteiger partial charge >= 0.3 is 0 Å². The van der Waals surface area contributed by atoms with Gasteiger partial charge in [-0.2, -0.15) is 0 Å². The van der Waals surface area contributed by atoms with Crippen molar-refractivity contribution in [3.8, 4) is 0 Å². The van der Waals surface area contributed by atoms with Gasteiger partial charge in [0.15, 0.2) is 0 Å². The van der Waals surface area contributed by atoms with E-state index in [1.165, 1.54) is 5.56 Å². The highest BCUT2D eigenvalue weighted by molar-refractivity contribution is 5.78. The van der Waals surface area contributed by atoms with E-state index in [4.69, 9.17) is 5.11 Å². The number of likely N-dealkylation sites (tertiary alicyclic amines) is 1. The summed E-state index contributed by atoms with van der Waals surface area (Å²) in [5.74, 6) is 0.537. The van der Waals surface area contributed by atoms with Gasteiger partial charge in [0, 0.05) is 13.1 Å². The first-order valence-corrected chi connectivity index (χ1v) is 6.44. The third-order valence-corrected chi connectivity index (χ3v) is 3.34. The predicted octanol–water partition coefficient (Wildman–Crippen LogP) is 0.584. The number of benzene rings is 1. The van der Waals surface area contributed by atoms with E-state index < -0.39 is 0 Å². The first kappa shape index (κ1) is 13.1. The summed E-state index contributed by atoms with van der Waals surface area (Å²) in [6.07, 6.45) is 1.11. The Balaban J connectivity index is 1.80. The Hall–Kier alpha value is -1.39. The first-order valence-electron chi connectivity index (χ1n) is 6.44. The van der Waals surface area contributed by atoms with Crippen LogP contribution in [0.3, 0.4) is 0 Å². The molecule has 0 bridgehead atoms. The van der Waals surface area contributed by atoms with Gasteiger partial charge in [0.1, 0.15) is 0 Å². The minimum absolute atomic E-state index is 0.00161. The molecule has 4 nitrogen and oxygen atoms in total. The van der Waals surface area contributed by atoms with Crippen LogP contribution in [0, 0.1) is 0 Å². The van der Waals surface area contributed by atoms with Crippen LogP contribution in [-0.4, -0.2) is 48.7 Å². The van der Waals surface area contributed by atoms with Crippen LogP contribution in [0.2, 0.25) is 0 Å². The number of carbonyl (C=O) groups excluding carboxylic acids is 1. The lowest BCUT2D eigenvalue weighted by atomic mass is 9.99. The lowest BCUT2D eigenvalue weighted by molar-refractivity contribution is -0.122. The van der Waals surface area contributed by atoms with Crippen LogP contribution in [0.4, 0.5) is 0 Å². The lowest BCUT2D eigenvalue weighted by Crippen LogP contribution is -2.37. The molecular formula is C14H20N2O2. The third kappa shape index (κ3) is 3.55. The highest BCUT2D eigenvalue weighted by Gasteiger charge is 2.24. The zero-order chi connectivity index (χ0) is 12.8. The molecule has 0 saturated carbocycles. The summed E-state index contributed by atoms with van der Waals surface area (Å²) >= 11 is 0. The molecule has 0 aromatic heterocycles. The molecule has 1 aliphatic rings. The van der Waals surface area contributed by atoms with Crippen molar-refractivity contribution >= 4 is 5.91 Å². The van der Waals surface area contributed by atoms with E-state index in [0.29, 0.717) is 19.0 Å². The Morgan fingerprint density at radius 2 is 2.17 bits per heavy atom. The molecule has 0 radical (unpaired) electrons. The third-order valence-electron chi connectivity index (χ3n) is 3.34. The van der Waals surface area contributed by atoms with Crippen molar-refractivity contribution in [2.75, 3.05) is 32.8 Å². The average Bonchev–Trinajstić information content (AvgIpc) is 2.86. The molecule has 2 N–H and O–H groups in total. The molecule has 1 unspecified atom stereocenters. The number of hydrogen-bond acceptors (Lipinski definition) is 3. The molecule has 18 heavy (non-hydrogen) atoms. The second kappa shape index (κ2) is 6.52. The Morgan fingerprint density at radius 3 is 2.89 bits per heavy atom. The summed E-state index contributed by atoms with van der Waals surface area (Å²) in [4.78, 5) is 13.7. The predicted molar refractivity (Wildman–Crippen MR) is 70.3 cm³/mol. The fraction of sp³-hybridized carbons (Fsp3) is 0.500. The molecule has 1 aliphatic heterocycles. The van der Waals surface area contributed by atoms with Crippen molar-refractivity contribution in [3.05, 3.63) is 35.9 Å². The Labute approximate surface area is 108 Å². The van der Waals surface area contributed by atoms with Gasteiger partial charge in [-0.3, -0.25) is 9.69 Å². The average molecular weight is 248 g/mol. The number of rotatable bonds is 5. The largest absolute Gasteiger partial charge is 0.395 e. The minimum Gasteiger partial charge on any atom is -0.395 e. The van der Waals surface area contributed by atoms with E-state index in [9.17, 15) is 4.79 Å². The number of aliphatic hydroxyl groups excluding tert-OH is 1. The highest BCUT2D eigenvalue weighted by atomic mass is 16.3. The number of carbonyl (C=O) groups is 1. The fourth-order valence-corrected chi connectivity index (χ4v) is 2.43. The van der Waals surface area contributed by atoms with Crippen LogP contribution >= 0.6 is 0 Å². The molecular weight excluding hydrogens is 228 g/mol.